The summed E-state index contributed by atoms with van der Waals surface area (Å²) >= 11 is 0. The molecular formula is C30H36N2O4. The third-order valence-corrected chi connectivity index (χ3v) is 8.22. The summed E-state index contributed by atoms with van der Waals surface area (Å²) in [5, 5.41) is 10.4. The smallest absolute Gasteiger partial charge is 0.255 e. The summed E-state index contributed by atoms with van der Waals surface area (Å²) in [7, 11) is 0. The number of amides is 2. The third-order valence-electron chi connectivity index (χ3n) is 8.22. The van der Waals surface area contributed by atoms with Gasteiger partial charge in [-0.3, -0.25) is 14.4 Å². The Morgan fingerprint density at radius 2 is 1.78 bits per heavy atom. The van der Waals surface area contributed by atoms with Gasteiger partial charge in [0.15, 0.2) is 5.78 Å². The van der Waals surface area contributed by atoms with E-state index in [1.165, 1.54) is 29.7 Å². The van der Waals surface area contributed by atoms with Gasteiger partial charge >= 0.3 is 0 Å². The van der Waals surface area contributed by atoms with E-state index in [-0.39, 0.29) is 36.5 Å². The van der Waals surface area contributed by atoms with E-state index >= 15 is 0 Å². The number of β-amino-alcohol motifs (C(OH)–C–C–N with tert-alkyl or cyclic N) is 1. The molecular weight excluding hydrogens is 452 g/mol. The minimum Gasteiger partial charge on any atom is -0.391 e. The number of ketones is 1. The molecule has 0 radical (unpaired) electrons. The van der Waals surface area contributed by atoms with E-state index in [1.54, 1.807) is 11.0 Å². The van der Waals surface area contributed by atoms with Crippen molar-refractivity contribution < 1.29 is 19.5 Å². The highest BCUT2D eigenvalue weighted by molar-refractivity contribution is 6.01. The monoisotopic (exact) mass is 488 g/mol. The number of carbonyl (C=O) groups excluding carboxylic acids is 3. The molecule has 1 aliphatic carbocycles. The van der Waals surface area contributed by atoms with Crippen molar-refractivity contribution in [2.24, 2.45) is 5.92 Å². The Morgan fingerprint density at radius 1 is 1.06 bits per heavy atom. The maximum absolute atomic E-state index is 13.8. The lowest BCUT2D eigenvalue weighted by Crippen LogP contribution is -2.54. The second kappa shape index (κ2) is 10.2. The standard InChI is InChI=1S/C30H36N2O4/c1-19(2)28(32-17-23-6-3-4-9-25(23)29(32)35)30(36)31-18-24(33)16-26(31)27(34)15-12-20-10-13-22(14-11-20)21-7-5-8-21/h3-4,6,9-11,13-14,19,21,24,26,28,33H,5,7-8,12,15-18H2,1-2H3/t24-,26+,28+/m1/s1. The summed E-state index contributed by atoms with van der Waals surface area (Å²) in [5.74, 6) is 0.140. The fourth-order valence-corrected chi connectivity index (χ4v) is 5.94. The number of aliphatic hydroxyl groups excluding tert-OH is 1. The molecule has 6 heteroatoms. The van der Waals surface area contributed by atoms with Crippen LogP contribution in [0.5, 0.6) is 0 Å². The summed E-state index contributed by atoms with van der Waals surface area (Å²) in [4.78, 5) is 43.4. The molecule has 2 fully saturated rings. The molecule has 1 saturated heterocycles. The van der Waals surface area contributed by atoms with Gasteiger partial charge in [0.1, 0.15) is 6.04 Å². The molecule has 0 aromatic heterocycles. The number of likely N-dealkylation sites (tertiary alicyclic amines) is 1. The van der Waals surface area contributed by atoms with Crippen molar-refractivity contribution in [3.8, 4) is 0 Å². The predicted octanol–water partition coefficient (Wildman–Crippen LogP) is 4.10. The molecule has 1 saturated carbocycles. The molecule has 3 aliphatic rings. The van der Waals surface area contributed by atoms with E-state index in [1.807, 2.05) is 32.0 Å². The summed E-state index contributed by atoms with van der Waals surface area (Å²) in [6, 6.07) is 14.7. The Morgan fingerprint density at radius 3 is 2.42 bits per heavy atom. The van der Waals surface area contributed by atoms with E-state index < -0.39 is 18.2 Å². The summed E-state index contributed by atoms with van der Waals surface area (Å²) < 4.78 is 0. The number of aliphatic hydroxyl groups is 1. The summed E-state index contributed by atoms with van der Waals surface area (Å²) in [6.07, 6.45) is 4.29. The molecule has 1 N–H and O–H groups in total. The van der Waals surface area contributed by atoms with Crippen molar-refractivity contribution in [3.63, 3.8) is 0 Å². The molecule has 3 atom stereocenters. The zero-order valence-corrected chi connectivity index (χ0v) is 21.2. The average molecular weight is 489 g/mol. The highest BCUT2D eigenvalue weighted by Gasteiger charge is 2.45. The van der Waals surface area contributed by atoms with Gasteiger partial charge in [-0.15, -0.1) is 0 Å². The van der Waals surface area contributed by atoms with Crippen LogP contribution in [0.15, 0.2) is 48.5 Å². The normalized spacial score (nSPS) is 22.6. The van der Waals surface area contributed by atoms with Gasteiger partial charge < -0.3 is 14.9 Å². The second-order valence-electron chi connectivity index (χ2n) is 11.0. The molecule has 36 heavy (non-hydrogen) atoms. The number of aryl methyl sites for hydroxylation is 1. The number of benzene rings is 2. The fourth-order valence-electron chi connectivity index (χ4n) is 5.94. The maximum Gasteiger partial charge on any atom is 0.255 e. The first kappa shape index (κ1) is 24.7. The molecule has 2 amide bonds. The van der Waals surface area contributed by atoms with Crippen LogP contribution in [0.3, 0.4) is 0 Å². The molecule has 5 rings (SSSR count). The van der Waals surface area contributed by atoms with Crippen LogP contribution in [-0.4, -0.2) is 57.2 Å². The van der Waals surface area contributed by atoms with Crippen LogP contribution < -0.4 is 0 Å². The number of rotatable bonds is 8. The Hall–Kier alpha value is -2.99. The first-order valence-electron chi connectivity index (χ1n) is 13.3. The lowest BCUT2D eigenvalue weighted by Gasteiger charge is -2.35. The third kappa shape index (κ3) is 4.71. The van der Waals surface area contributed by atoms with Gasteiger partial charge in [0.25, 0.3) is 5.91 Å². The zero-order valence-electron chi connectivity index (χ0n) is 21.2. The Balaban J connectivity index is 1.27. The quantitative estimate of drug-likeness (QED) is 0.607. The number of hydrogen-bond acceptors (Lipinski definition) is 4. The highest BCUT2D eigenvalue weighted by Crippen LogP contribution is 2.36. The van der Waals surface area contributed by atoms with Crippen molar-refractivity contribution in [3.05, 3.63) is 70.8 Å². The minimum absolute atomic E-state index is 0.0264. The van der Waals surface area contributed by atoms with Crippen molar-refractivity contribution in [2.45, 2.75) is 83.0 Å². The molecule has 6 nitrogen and oxygen atoms in total. The molecule has 2 aliphatic heterocycles. The lowest BCUT2D eigenvalue weighted by molar-refractivity contribution is -0.142. The van der Waals surface area contributed by atoms with Gasteiger partial charge in [0.05, 0.1) is 12.1 Å². The Kier molecular flexibility index (Phi) is 6.98. The van der Waals surface area contributed by atoms with Crippen molar-refractivity contribution >= 4 is 17.6 Å². The largest absolute Gasteiger partial charge is 0.391 e. The Labute approximate surface area is 213 Å². The van der Waals surface area contributed by atoms with Crippen LogP contribution in [-0.2, 0) is 22.6 Å². The van der Waals surface area contributed by atoms with Crippen LogP contribution in [0.25, 0.3) is 0 Å². The average Bonchev–Trinajstić information content (AvgIpc) is 3.37. The van der Waals surface area contributed by atoms with E-state index in [9.17, 15) is 19.5 Å². The first-order valence-corrected chi connectivity index (χ1v) is 13.3. The number of Topliss-reactive ketones (excluding diaryl/α,β-unsaturated/α-hetero) is 1. The molecule has 2 aromatic rings. The van der Waals surface area contributed by atoms with Crippen LogP contribution >= 0.6 is 0 Å². The van der Waals surface area contributed by atoms with E-state index in [2.05, 4.69) is 24.3 Å². The highest BCUT2D eigenvalue weighted by atomic mass is 16.3. The molecule has 2 aromatic carbocycles. The Bertz CT molecular complexity index is 1140. The number of fused-ring (bicyclic) bond motifs is 1. The maximum atomic E-state index is 13.8. The van der Waals surface area contributed by atoms with Gasteiger partial charge in [0, 0.05) is 31.5 Å². The summed E-state index contributed by atoms with van der Waals surface area (Å²) in [5.41, 5.74) is 4.04. The van der Waals surface area contributed by atoms with Crippen LogP contribution in [0.1, 0.15) is 78.9 Å². The number of hydrogen-bond donors (Lipinski definition) is 1. The zero-order chi connectivity index (χ0) is 25.4. The van der Waals surface area contributed by atoms with Gasteiger partial charge in [-0.05, 0) is 53.9 Å². The first-order chi connectivity index (χ1) is 17.3. The fraction of sp³-hybridized carbons (Fsp3) is 0.500. The molecule has 0 spiro atoms. The van der Waals surface area contributed by atoms with E-state index in [4.69, 9.17) is 0 Å². The van der Waals surface area contributed by atoms with Gasteiger partial charge in [-0.1, -0.05) is 62.7 Å². The van der Waals surface area contributed by atoms with Crippen molar-refractivity contribution in [2.75, 3.05) is 6.54 Å². The van der Waals surface area contributed by atoms with Crippen LogP contribution in [0.2, 0.25) is 0 Å². The molecule has 190 valence electrons. The van der Waals surface area contributed by atoms with Gasteiger partial charge in [0.2, 0.25) is 5.91 Å². The van der Waals surface area contributed by atoms with Gasteiger partial charge in [-0.25, -0.2) is 0 Å². The second-order valence-corrected chi connectivity index (χ2v) is 11.0. The summed E-state index contributed by atoms with van der Waals surface area (Å²) in [6.45, 7) is 4.36. The topological polar surface area (TPSA) is 77.9 Å². The predicted molar refractivity (Wildman–Crippen MR) is 137 cm³/mol. The van der Waals surface area contributed by atoms with Gasteiger partial charge in [-0.2, -0.15) is 0 Å². The molecule has 2 heterocycles. The minimum atomic E-state index is -0.732. The molecule has 0 bridgehead atoms. The lowest BCUT2D eigenvalue weighted by atomic mass is 9.80. The van der Waals surface area contributed by atoms with Crippen molar-refractivity contribution in [1.29, 1.82) is 0 Å². The van der Waals surface area contributed by atoms with Crippen LogP contribution in [0.4, 0.5) is 0 Å². The SMILES string of the molecule is CC(C)[C@@H](C(=O)N1C[C@H](O)C[C@H]1C(=O)CCc1ccc(C2CCC2)cc1)N1Cc2ccccc2C1=O. The van der Waals surface area contributed by atoms with E-state index in [0.717, 1.165) is 11.1 Å². The van der Waals surface area contributed by atoms with E-state index in [0.29, 0.717) is 30.9 Å². The number of carbonyl (C=O) groups is 3. The van der Waals surface area contributed by atoms with Crippen LogP contribution in [0, 0.1) is 5.92 Å². The number of nitrogens with zero attached hydrogens (tertiary/aromatic N) is 2. The molecule has 0 unspecified atom stereocenters. The van der Waals surface area contributed by atoms with Crippen molar-refractivity contribution in [1.82, 2.24) is 9.80 Å².